The summed E-state index contributed by atoms with van der Waals surface area (Å²) in [5.41, 5.74) is 4.30. The second-order valence-electron chi connectivity index (χ2n) is 6.76. The first-order chi connectivity index (χ1) is 12.1. The zero-order chi connectivity index (χ0) is 17.4. The summed E-state index contributed by atoms with van der Waals surface area (Å²) in [5.74, 6) is 0.112. The summed E-state index contributed by atoms with van der Waals surface area (Å²) in [6.07, 6.45) is 0. The number of nitrogens with one attached hydrogen (secondary N) is 1. The second-order valence-corrected chi connectivity index (χ2v) is 6.76. The summed E-state index contributed by atoms with van der Waals surface area (Å²) < 4.78 is 2.02. The Hall–Kier alpha value is -2.59. The average Bonchev–Trinajstić information content (AvgIpc) is 3.00. The van der Waals surface area contributed by atoms with Crippen LogP contribution in [0.25, 0.3) is 10.9 Å². The van der Waals surface area contributed by atoms with Gasteiger partial charge in [-0.2, -0.15) is 0 Å². The zero-order valence-corrected chi connectivity index (χ0v) is 14.7. The summed E-state index contributed by atoms with van der Waals surface area (Å²) in [4.78, 5) is 15.1. The average molecular weight is 333 g/mol. The van der Waals surface area contributed by atoms with Crippen molar-refractivity contribution in [1.82, 2.24) is 14.8 Å². The molecular formula is C21H23N3O. The van der Waals surface area contributed by atoms with Crippen LogP contribution in [0.3, 0.4) is 0 Å². The van der Waals surface area contributed by atoms with Crippen molar-refractivity contribution in [3.63, 3.8) is 0 Å². The third-order valence-electron chi connectivity index (χ3n) is 5.19. The molecule has 0 saturated carbocycles. The highest BCUT2D eigenvalue weighted by molar-refractivity contribution is 5.99. The fourth-order valence-electron chi connectivity index (χ4n) is 3.72. The number of hydrogen-bond acceptors (Lipinski definition) is 2. The van der Waals surface area contributed by atoms with Crippen LogP contribution in [-0.2, 0) is 7.05 Å². The van der Waals surface area contributed by atoms with Gasteiger partial charge in [-0.05, 0) is 30.2 Å². The number of hydrogen-bond donors (Lipinski definition) is 1. The molecule has 1 atom stereocenters. The first-order valence-corrected chi connectivity index (χ1v) is 8.78. The Morgan fingerprint density at radius 1 is 1.12 bits per heavy atom. The molecular weight excluding hydrogens is 310 g/mol. The third-order valence-corrected chi connectivity index (χ3v) is 5.19. The number of carbonyl (C=O) groups excluding carboxylic acids is 1. The second kappa shape index (κ2) is 6.37. The monoisotopic (exact) mass is 333 g/mol. The molecule has 4 rings (SSSR count). The summed E-state index contributed by atoms with van der Waals surface area (Å²) in [6.45, 7) is 4.34. The predicted molar refractivity (Wildman–Crippen MR) is 101 cm³/mol. The number of amides is 1. The quantitative estimate of drug-likeness (QED) is 0.781. The van der Waals surface area contributed by atoms with Crippen LogP contribution in [-0.4, -0.2) is 35.0 Å². The van der Waals surface area contributed by atoms with Gasteiger partial charge < -0.3 is 14.8 Å². The number of rotatable bonds is 2. The standard InChI is InChI=1S/C21H23N3O/c1-15-7-6-10-19-17(15)13-20(23(19)2)21(25)24-12-11-22-18(14-24)16-8-4-3-5-9-16/h3-10,13,18,22H,11-12,14H2,1-2H3/t18-/m0/s1. The topological polar surface area (TPSA) is 37.3 Å². The zero-order valence-electron chi connectivity index (χ0n) is 14.7. The molecule has 1 N–H and O–H groups in total. The van der Waals surface area contributed by atoms with E-state index in [9.17, 15) is 4.79 Å². The normalized spacial score (nSPS) is 17.8. The molecule has 4 heteroatoms. The minimum atomic E-state index is 0.112. The molecule has 0 radical (unpaired) electrons. The lowest BCUT2D eigenvalue weighted by molar-refractivity contribution is 0.0694. The number of aromatic nitrogens is 1. The maximum Gasteiger partial charge on any atom is 0.270 e. The maximum absolute atomic E-state index is 13.2. The Morgan fingerprint density at radius 3 is 2.68 bits per heavy atom. The van der Waals surface area contributed by atoms with Crippen LogP contribution < -0.4 is 5.32 Å². The van der Waals surface area contributed by atoms with Crippen molar-refractivity contribution in [2.45, 2.75) is 13.0 Å². The number of aryl methyl sites for hydroxylation is 2. The number of fused-ring (bicyclic) bond motifs is 1. The van der Waals surface area contributed by atoms with Gasteiger partial charge in [-0.25, -0.2) is 0 Å². The van der Waals surface area contributed by atoms with E-state index in [-0.39, 0.29) is 11.9 Å². The summed E-state index contributed by atoms with van der Waals surface area (Å²) in [6, 6.07) is 18.8. The SMILES string of the molecule is Cc1cccc2c1cc(C(=O)N1CCN[C@H](c3ccccc3)C1)n2C. The highest BCUT2D eigenvalue weighted by atomic mass is 16.2. The van der Waals surface area contributed by atoms with E-state index in [0.717, 1.165) is 29.7 Å². The van der Waals surface area contributed by atoms with E-state index in [4.69, 9.17) is 0 Å². The van der Waals surface area contributed by atoms with Crippen LogP contribution in [0.15, 0.2) is 54.6 Å². The Balaban J connectivity index is 1.63. The first-order valence-electron chi connectivity index (χ1n) is 8.78. The lowest BCUT2D eigenvalue weighted by atomic mass is 10.0. The molecule has 0 unspecified atom stereocenters. The largest absolute Gasteiger partial charge is 0.340 e. The smallest absolute Gasteiger partial charge is 0.270 e. The van der Waals surface area contributed by atoms with Gasteiger partial charge in [-0.3, -0.25) is 4.79 Å². The molecule has 1 aliphatic rings. The molecule has 3 aromatic rings. The fraction of sp³-hybridized carbons (Fsp3) is 0.286. The molecule has 1 amide bonds. The van der Waals surface area contributed by atoms with Gasteiger partial charge in [-0.1, -0.05) is 42.5 Å². The van der Waals surface area contributed by atoms with E-state index in [1.54, 1.807) is 0 Å². The Kier molecular flexibility index (Phi) is 4.06. The molecule has 4 nitrogen and oxygen atoms in total. The van der Waals surface area contributed by atoms with Crippen molar-refractivity contribution in [3.8, 4) is 0 Å². The van der Waals surface area contributed by atoms with E-state index in [2.05, 4.69) is 36.5 Å². The molecule has 128 valence electrons. The third kappa shape index (κ3) is 2.83. The molecule has 0 bridgehead atoms. The van der Waals surface area contributed by atoms with Gasteiger partial charge >= 0.3 is 0 Å². The summed E-state index contributed by atoms with van der Waals surface area (Å²) >= 11 is 0. The Labute approximate surface area is 148 Å². The van der Waals surface area contributed by atoms with Crippen molar-refractivity contribution in [3.05, 3.63) is 71.4 Å². The maximum atomic E-state index is 13.2. The minimum absolute atomic E-state index is 0.112. The molecule has 0 spiro atoms. The van der Waals surface area contributed by atoms with Gasteiger partial charge in [0.25, 0.3) is 5.91 Å². The van der Waals surface area contributed by atoms with Crippen molar-refractivity contribution in [1.29, 1.82) is 0 Å². The van der Waals surface area contributed by atoms with E-state index >= 15 is 0 Å². The van der Waals surface area contributed by atoms with Gasteiger partial charge in [0.1, 0.15) is 5.69 Å². The van der Waals surface area contributed by atoms with Gasteiger partial charge in [0.05, 0.1) is 0 Å². The lowest BCUT2D eigenvalue weighted by Gasteiger charge is -2.34. The molecule has 25 heavy (non-hydrogen) atoms. The predicted octanol–water partition coefficient (Wildman–Crippen LogP) is 3.27. The van der Waals surface area contributed by atoms with Crippen molar-refractivity contribution < 1.29 is 4.79 Å². The van der Waals surface area contributed by atoms with Gasteiger partial charge in [0.15, 0.2) is 0 Å². The molecule has 1 aromatic heterocycles. The number of carbonyl (C=O) groups is 1. The van der Waals surface area contributed by atoms with Gasteiger partial charge in [0, 0.05) is 43.6 Å². The van der Waals surface area contributed by atoms with Crippen LogP contribution >= 0.6 is 0 Å². The number of piperazine rings is 1. The van der Waals surface area contributed by atoms with Crippen LogP contribution in [0.5, 0.6) is 0 Å². The van der Waals surface area contributed by atoms with Crippen LogP contribution in [0.1, 0.15) is 27.7 Å². The van der Waals surface area contributed by atoms with Gasteiger partial charge in [0.2, 0.25) is 0 Å². The van der Waals surface area contributed by atoms with Crippen molar-refractivity contribution in [2.75, 3.05) is 19.6 Å². The Morgan fingerprint density at radius 2 is 1.92 bits per heavy atom. The number of benzene rings is 2. The first kappa shape index (κ1) is 15.9. The van der Waals surface area contributed by atoms with Gasteiger partial charge in [-0.15, -0.1) is 0 Å². The molecule has 1 fully saturated rings. The fourth-order valence-corrected chi connectivity index (χ4v) is 3.72. The van der Waals surface area contributed by atoms with Crippen LogP contribution in [0, 0.1) is 6.92 Å². The molecule has 0 aliphatic carbocycles. The molecule has 1 aliphatic heterocycles. The Bertz CT molecular complexity index is 914. The lowest BCUT2D eigenvalue weighted by Crippen LogP contribution is -2.48. The van der Waals surface area contributed by atoms with Crippen molar-refractivity contribution in [2.24, 2.45) is 7.05 Å². The van der Waals surface area contributed by atoms with Crippen LogP contribution in [0.4, 0.5) is 0 Å². The van der Waals surface area contributed by atoms with E-state index in [1.807, 2.05) is 46.8 Å². The minimum Gasteiger partial charge on any atom is -0.340 e. The highest BCUT2D eigenvalue weighted by Crippen LogP contribution is 2.24. The van der Waals surface area contributed by atoms with Crippen LogP contribution in [0.2, 0.25) is 0 Å². The van der Waals surface area contributed by atoms with E-state index in [1.165, 1.54) is 11.1 Å². The highest BCUT2D eigenvalue weighted by Gasteiger charge is 2.27. The summed E-state index contributed by atoms with van der Waals surface area (Å²) in [7, 11) is 1.98. The van der Waals surface area contributed by atoms with E-state index < -0.39 is 0 Å². The number of nitrogens with zero attached hydrogens (tertiary/aromatic N) is 2. The summed E-state index contributed by atoms with van der Waals surface area (Å²) in [5, 5.41) is 4.68. The van der Waals surface area contributed by atoms with Crippen molar-refractivity contribution >= 4 is 16.8 Å². The molecule has 2 heterocycles. The molecule has 2 aromatic carbocycles. The molecule has 1 saturated heterocycles. The van der Waals surface area contributed by atoms with E-state index in [0.29, 0.717) is 6.54 Å².